The second-order valence-electron chi connectivity index (χ2n) is 1.09. The predicted molar refractivity (Wildman–Crippen MR) is 28.7 cm³/mol. The van der Waals surface area contributed by atoms with Gasteiger partial charge in [0.25, 0.3) is 7.82 Å². The van der Waals surface area contributed by atoms with Crippen molar-refractivity contribution in [3.63, 3.8) is 0 Å². The van der Waals surface area contributed by atoms with Crippen molar-refractivity contribution in [3.05, 3.63) is 0 Å². The van der Waals surface area contributed by atoms with Crippen molar-refractivity contribution in [1.82, 2.24) is 0 Å². The average molecular weight is 211 g/mol. The fourth-order valence-electron chi connectivity index (χ4n) is 0. The van der Waals surface area contributed by atoms with Gasteiger partial charge < -0.3 is 25.5 Å². The number of carbonyl (C=O) groups is 1. The van der Waals surface area contributed by atoms with E-state index in [0.717, 1.165) is 0 Å². The van der Waals surface area contributed by atoms with Crippen LogP contribution in [0.4, 0.5) is 0 Å². The number of carboxylic acids is 1. The Morgan fingerprint density at radius 2 is 1.64 bits per heavy atom. The van der Waals surface area contributed by atoms with E-state index in [-0.39, 0.29) is 57.9 Å². The van der Waals surface area contributed by atoms with Crippen molar-refractivity contribution in [2.24, 2.45) is 5.73 Å². The molecule has 0 aromatic heterocycles. The molecule has 0 aromatic carbocycles. The van der Waals surface area contributed by atoms with Crippen LogP contribution < -0.4 is 62.0 Å². The molecule has 5 N–H and O–H groups in total. The molecule has 0 aliphatic rings. The minimum Gasteiger partial charge on any atom is -0.756 e. The van der Waals surface area contributed by atoms with Crippen molar-refractivity contribution in [2.75, 3.05) is 6.54 Å². The molecule has 11 heavy (non-hydrogen) atoms. The molecular formula is C2H7KNO6P. The molecule has 0 radical (unpaired) electrons. The molecule has 9 heteroatoms. The Labute approximate surface area is 105 Å². The fourth-order valence-corrected chi connectivity index (χ4v) is 0. The maximum atomic E-state index is 9.24. The maximum absolute atomic E-state index is 9.24. The smallest absolute Gasteiger partial charge is 0.756 e. The van der Waals surface area contributed by atoms with E-state index in [1.165, 1.54) is 0 Å². The topological polar surface area (TPSA) is 144 Å². The van der Waals surface area contributed by atoms with Crippen molar-refractivity contribution >= 4 is 13.8 Å². The van der Waals surface area contributed by atoms with Gasteiger partial charge >= 0.3 is 57.4 Å². The zero-order chi connectivity index (χ0) is 8.78. The predicted octanol–water partition coefficient (Wildman–Crippen LogP) is -5.53. The zero-order valence-electron chi connectivity index (χ0n) is 5.80. The normalized spacial score (nSPS) is 8.73. The molecule has 0 saturated carbocycles. The number of rotatable bonds is 1. The summed E-state index contributed by atoms with van der Waals surface area (Å²) >= 11 is 0. The van der Waals surface area contributed by atoms with Crippen molar-refractivity contribution < 1.29 is 80.5 Å². The van der Waals surface area contributed by atoms with Gasteiger partial charge in [-0.1, -0.05) is 0 Å². The van der Waals surface area contributed by atoms with E-state index < -0.39 is 13.8 Å². The van der Waals surface area contributed by atoms with Gasteiger partial charge in [-0.25, -0.2) is 0 Å². The summed E-state index contributed by atoms with van der Waals surface area (Å²) in [6.07, 6.45) is 0. The first-order chi connectivity index (χ1) is 4.27. The molecule has 7 nitrogen and oxygen atoms in total. The van der Waals surface area contributed by atoms with Gasteiger partial charge in [-0.3, -0.25) is 9.36 Å². The number of hydrogen-bond donors (Lipinski definition) is 4. The van der Waals surface area contributed by atoms with Gasteiger partial charge in [0.2, 0.25) is 0 Å². The molecule has 0 saturated heterocycles. The Balaban J connectivity index is -0.000000107. The summed E-state index contributed by atoms with van der Waals surface area (Å²) in [6, 6.07) is 0. The van der Waals surface area contributed by atoms with Gasteiger partial charge in [-0.15, -0.1) is 0 Å². The maximum Gasteiger partial charge on any atom is 1.00 e. The molecule has 0 aliphatic heterocycles. The van der Waals surface area contributed by atoms with Crippen molar-refractivity contribution in [1.29, 1.82) is 0 Å². The number of nitrogens with two attached hydrogens (primary N) is 1. The van der Waals surface area contributed by atoms with Gasteiger partial charge in [0.15, 0.2) is 0 Å². The van der Waals surface area contributed by atoms with E-state index in [9.17, 15) is 4.79 Å². The van der Waals surface area contributed by atoms with Crippen molar-refractivity contribution in [2.45, 2.75) is 0 Å². The second kappa shape index (κ2) is 9.27. The fraction of sp³-hybridized carbons (Fsp3) is 0.500. The van der Waals surface area contributed by atoms with Crippen LogP contribution in [-0.2, 0) is 9.36 Å². The third kappa shape index (κ3) is 93.3. The molecule has 0 unspecified atom stereocenters. The summed E-state index contributed by atoms with van der Waals surface area (Å²) in [5, 5.41) is 7.60. The zero-order valence-corrected chi connectivity index (χ0v) is 9.82. The molecule has 0 spiro atoms. The monoisotopic (exact) mass is 211 g/mol. The molecule has 0 atom stereocenters. The van der Waals surface area contributed by atoms with Crippen LogP contribution in [0.25, 0.3) is 0 Å². The largest absolute Gasteiger partial charge is 1.00 e. The van der Waals surface area contributed by atoms with E-state index in [2.05, 4.69) is 5.73 Å². The minimum atomic E-state index is -4.89. The number of hydrogen-bond acceptors (Lipinski definition) is 4. The summed E-state index contributed by atoms with van der Waals surface area (Å²) in [4.78, 5) is 32.2. The Bertz CT molecular complexity index is 135. The summed E-state index contributed by atoms with van der Waals surface area (Å²) in [5.41, 5.74) is 4.57. The van der Waals surface area contributed by atoms with E-state index in [4.69, 9.17) is 24.4 Å². The van der Waals surface area contributed by atoms with Gasteiger partial charge in [0.05, 0.1) is 6.54 Å². The average Bonchev–Trinajstić information content (AvgIpc) is 1.61. The summed E-state index contributed by atoms with van der Waals surface area (Å²) in [5.74, 6) is -0.968. The number of aliphatic carboxylic acids is 1. The summed E-state index contributed by atoms with van der Waals surface area (Å²) in [6.45, 7) is -0.278. The standard InChI is InChI=1S/C2H5NO2.K.H3O4P/c3-1-2(4)5;;1-5(2,3)4/h1,3H2,(H,4,5);;(H3,1,2,3,4)/q;+1;/p-1. The molecule has 0 aromatic rings. The Kier molecular flexibility index (Phi) is 15.2. The van der Waals surface area contributed by atoms with Gasteiger partial charge in [0.1, 0.15) is 0 Å². The van der Waals surface area contributed by atoms with Crippen LogP contribution in [0.1, 0.15) is 0 Å². The number of phosphoric acid groups is 1. The molecule has 0 amide bonds. The van der Waals surface area contributed by atoms with E-state index in [1.54, 1.807) is 0 Å². The van der Waals surface area contributed by atoms with E-state index in [0.29, 0.717) is 0 Å². The van der Waals surface area contributed by atoms with Crippen LogP contribution in [0.2, 0.25) is 0 Å². The number of carboxylic acid groups (broad SMARTS) is 1. The SMILES string of the molecule is NCC(=O)O.O=P([O-])(O)O.[K+]. The van der Waals surface area contributed by atoms with Gasteiger partial charge in [0, 0.05) is 0 Å². The van der Waals surface area contributed by atoms with Crippen LogP contribution in [0.15, 0.2) is 0 Å². The first-order valence-electron chi connectivity index (χ1n) is 1.95. The first-order valence-corrected chi connectivity index (χ1v) is 3.48. The van der Waals surface area contributed by atoms with Crippen LogP contribution in [0, 0.1) is 0 Å². The van der Waals surface area contributed by atoms with E-state index in [1.807, 2.05) is 0 Å². The Hall–Kier alpha value is 1.18. The first kappa shape index (κ1) is 18.1. The van der Waals surface area contributed by atoms with Crippen LogP contribution >= 0.6 is 7.82 Å². The Morgan fingerprint density at radius 1 is 1.55 bits per heavy atom. The van der Waals surface area contributed by atoms with Gasteiger partial charge in [-0.05, 0) is 0 Å². The molecule has 0 heterocycles. The van der Waals surface area contributed by atoms with E-state index >= 15 is 0 Å². The van der Waals surface area contributed by atoms with Crippen LogP contribution in [-0.4, -0.2) is 27.4 Å². The summed E-state index contributed by atoms with van der Waals surface area (Å²) in [7, 11) is -4.89. The van der Waals surface area contributed by atoms with Crippen molar-refractivity contribution in [3.8, 4) is 0 Å². The Morgan fingerprint density at radius 3 is 1.64 bits per heavy atom. The van der Waals surface area contributed by atoms with Gasteiger partial charge in [-0.2, -0.15) is 0 Å². The molecule has 0 bridgehead atoms. The molecule has 0 fully saturated rings. The van der Waals surface area contributed by atoms with Crippen LogP contribution in [0.5, 0.6) is 0 Å². The quantitative estimate of drug-likeness (QED) is 0.250. The minimum absolute atomic E-state index is 0. The molecule has 0 aliphatic carbocycles. The third-order valence-corrected chi connectivity index (χ3v) is 0.175. The summed E-state index contributed by atoms with van der Waals surface area (Å²) < 4.78 is 8.77. The van der Waals surface area contributed by atoms with Crippen LogP contribution in [0.3, 0.4) is 0 Å². The third-order valence-electron chi connectivity index (χ3n) is 0.175. The second-order valence-corrected chi connectivity index (χ2v) is 2.07. The molecular weight excluding hydrogens is 204 g/mol. The molecule has 62 valence electrons. The molecule has 0 rings (SSSR count).